The summed E-state index contributed by atoms with van der Waals surface area (Å²) >= 11 is 0. The molecule has 0 bridgehead atoms. The second-order valence-electron chi connectivity index (χ2n) is 3.97. The molecular formula is C10H18N2O2. The van der Waals surface area contributed by atoms with Gasteiger partial charge in [0, 0.05) is 20.1 Å². The molecule has 80 valence electrons. The van der Waals surface area contributed by atoms with E-state index in [0.717, 1.165) is 18.8 Å². The van der Waals surface area contributed by atoms with Gasteiger partial charge in [-0.05, 0) is 19.9 Å². The first kappa shape index (κ1) is 9.80. The number of hydrogen-bond donors (Lipinski definition) is 1. The molecule has 0 aromatic heterocycles. The Hall–Kier alpha value is -0.740. The van der Waals surface area contributed by atoms with Gasteiger partial charge in [-0.1, -0.05) is 0 Å². The first-order chi connectivity index (χ1) is 6.70. The lowest BCUT2D eigenvalue weighted by atomic mass is 10.2. The molecular weight excluding hydrogens is 180 g/mol. The molecule has 0 aromatic carbocycles. The molecule has 2 heterocycles. The van der Waals surface area contributed by atoms with Crippen LogP contribution in [0, 0.1) is 0 Å². The van der Waals surface area contributed by atoms with Crippen molar-refractivity contribution in [3.05, 3.63) is 12.0 Å². The minimum absolute atomic E-state index is 0.173. The lowest BCUT2D eigenvalue weighted by Gasteiger charge is -2.31. The first-order valence-corrected chi connectivity index (χ1v) is 5.15. The van der Waals surface area contributed by atoms with Gasteiger partial charge in [-0.3, -0.25) is 5.01 Å². The van der Waals surface area contributed by atoms with E-state index in [-0.39, 0.29) is 12.1 Å². The van der Waals surface area contributed by atoms with Crippen LogP contribution in [0.4, 0.5) is 0 Å². The van der Waals surface area contributed by atoms with E-state index in [1.54, 1.807) is 7.11 Å². The Bertz CT molecular complexity index is 242. The van der Waals surface area contributed by atoms with Crippen LogP contribution in [-0.4, -0.2) is 36.9 Å². The molecule has 2 rings (SSSR count). The van der Waals surface area contributed by atoms with Gasteiger partial charge in [0.05, 0.1) is 18.2 Å². The number of methoxy groups -OCH3 is 1. The van der Waals surface area contributed by atoms with Crippen molar-refractivity contribution in [1.29, 1.82) is 0 Å². The van der Waals surface area contributed by atoms with Crippen LogP contribution in [0.15, 0.2) is 12.0 Å². The summed E-state index contributed by atoms with van der Waals surface area (Å²) in [6.07, 6.45) is 3.67. The molecule has 1 fully saturated rings. The summed E-state index contributed by atoms with van der Waals surface area (Å²) in [7, 11) is 1.73. The standard InChI is InChI=1S/C10H18N2O2/c1-7-4-5-12-10(14-7)6-9(11-12)8(2)13-3/h6-9,11H,4-5H2,1-3H3. The molecule has 14 heavy (non-hydrogen) atoms. The van der Waals surface area contributed by atoms with Gasteiger partial charge in [0.25, 0.3) is 0 Å². The number of hydrogen-bond acceptors (Lipinski definition) is 4. The Labute approximate surface area is 84.8 Å². The second kappa shape index (κ2) is 3.79. The number of nitrogens with one attached hydrogen (secondary N) is 1. The Balaban J connectivity index is 2.02. The summed E-state index contributed by atoms with van der Waals surface area (Å²) in [4.78, 5) is 0. The van der Waals surface area contributed by atoms with E-state index >= 15 is 0 Å². The summed E-state index contributed by atoms with van der Waals surface area (Å²) in [5.74, 6) is 0.956. The fraction of sp³-hybridized carbons (Fsp3) is 0.800. The summed E-state index contributed by atoms with van der Waals surface area (Å²) in [6, 6.07) is 0.236. The molecule has 0 saturated carbocycles. The summed E-state index contributed by atoms with van der Waals surface area (Å²) in [5, 5.41) is 2.07. The summed E-state index contributed by atoms with van der Waals surface area (Å²) in [5.41, 5.74) is 3.35. The van der Waals surface area contributed by atoms with Crippen molar-refractivity contribution in [3.63, 3.8) is 0 Å². The maximum absolute atomic E-state index is 5.70. The highest BCUT2D eigenvalue weighted by Crippen LogP contribution is 2.23. The van der Waals surface area contributed by atoms with Gasteiger partial charge in [0.1, 0.15) is 0 Å². The van der Waals surface area contributed by atoms with E-state index in [4.69, 9.17) is 9.47 Å². The van der Waals surface area contributed by atoms with Crippen LogP contribution in [0.1, 0.15) is 20.3 Å². The van der Waals surface area contributed by atoms with Gasteiger partial charge in [-0.15, -0.1) is 0 Å². The van der Waals surface area contributed by atoms with Crippen molar-refractivity contribution in [1.82, 2.24) is 10.4 Å². The van der Waals surface area contributed by atoms with Gasteiger partial charge in [0.2, 0.25) is 5.88 Å². The van der Waals surface area contributed by atoms with Gasteiger partial charge < -0.3 is 9.47 Å². The van der Waals surface area contributed by atoms with E-state index in [2.05, 4.69) is 30.4 Å². The lowest BCUT2D eigenvalue weighted by Crippen LogP contribution is -2.45. The molecule has 4 heteroatoms. The lowest BCUT2D eigenvalue weighted by molar-refractivity contribution is -0.00921. The molecule has 4 nitrogen and oxygen atoms in total. The van der Waals surface area contributed by atoms with Crippen LogP contribution >= 0.6 is 0 Å². The summed E-state index contributed by atoms with van der Waals surface area (Å²) in [6.45, 7) is 5.17. The maximum Gasteiger partial charge on any atom is 0.201 e. The zero-order chi connectivity index (χ0) is 10.1. The minimum atomic E-state index is 0.173. The predicted molar refractivity (Wildman–Crippen MR) is 53.3 cm³/mol. The van der Waals surface area contributed by atoms with Gasteiger partial charge in [-0.25, -0.2) is 5.43 Å². The predicted octanol–water partition coefficient (Wildman–Crippen LogP) is 0.860. The molecule has 0 amide bonds. The van der Waals surface area contributed by atoms with E-state index in [1.165, 1.54) is 0 Å². The van der Waals surface area contributed by atoms with E-state index in [1.807, 2.05) is 0 Å². The van der Waals surface area contributed by atoms with Crippen LogP contribution in [0.3, 0.4) is 0 Å². The van der Waals surface area contributed by atoms with Crippen LogP contribution in [0.25, 0.3) is 0 Å². The van der Waals surface area contributed by atoms with Crippen molar-refractivity contribution in [2.24, 2.45) is 0 Å². The van der Waals surface area contributed by atoms with E-state index in [0.29, 0.717) is 6.10 Å². The fourth-order valence-corrected chi connectivity index (χ4v) is 1.77. The van der Waals surface area contributed by atoms with Gasteiger partial charge >= 0.3 is 0 Å². The first-order valence-electron chi connectivity index (χ1n) is 5.15. The third-order valence-corrected chi connectivity index (χ3v) is 2.85. The highest BCUT2D eigenvalue weighted by molar-refractivity contribution is 5.09. The Kier molecular flexibility index (Phi) is 2.65. The molecule has 0 aliphatic carbocycles. The zero-order valence-electron chi connectivity index (χ0n) is 8.99. The van der Waals surface area contributed by atoms with Crippen molar-refractivity contribution >= 4 is 0 Å². The Morgan fingerprint density at radius 1 is 1.71 bits per heavy atom. The normalized spacial score (nSPS) is 33.4. The number of rotatable bonds is 2. The molecule has 3 atom stereocenters. The molecule has 1 saturated heterocycles. The van der Waals surface area contributed by atoms with Crippen molar-refractivity contribution in [3.8, 4) is 0 Å². The second-order valence-corrected chi connectivity index (χ2v) is 3.97. The third kappa shape index (κ3) is 1.72. The minimum Gasteiger partial charge on any atom is -0.475 e. The van der Waals surface area contributed by atoms with E-state index < -0.39 is 0 Å². The zero-order valence-corrected chi connectivity index (χ0v) is 8.99. The molecule has 2 aliphatic heterocycles. The maximum atomic E-state index is 5.70. The number of hydrazine groups is 1. The number of ether oxygens (including phenoxy) is 2. The van der Waals surface area contributed by atoms with Gasteiger partial charge in [0.15, 0.2) is 0 Å². The average Bonchev–Trinajstić information content (AvgIpc) is 2.59. The number of fused-ring (bicyclic) bond motifs is 1. The fourth-order valence-electron chi connectivity index (χ4n) is 1.77. The molecule has 2 aliphatic rings. The molecule has 1 N–H and O–H groups in total. The quantitative estimate of drug-likeness (QED) is 0.713. The van der Waals surface area contributed by atoms with Crippen molar-refractivity contribution < 1.29 is 9.47 Å². The van der Waals surface area contributed by atoms with Crippen molar-refractivity contribution in [2.45, 2.75) is 38.5 Å². The number of nitrogens with zero attached hydrogens (tertiary/aromatic N) is 1. The monoisotopic (exact) mass is 198 g/mol. The van der Waals surface area contributed by atoms with Crippen LogP contribution in [0.5, 0.6) is 0 Å². The molecule has 0 radical (unpaired) electrons. The van der Waals surface area contributed by atoms with E-state index in [9.17, 15) is 0 Å². The highest BCUT2D eigenvalue weighted by Gasteiger charge is 2.31. The molecule has 0 spiro atoms. The SMILES string of the molecule is COC(C)C1C=C2OC(C)CCN2N1. The van der Waals surface area contributed by atoms with Crippen LogP contribution < -0.4 is 5.43 Å². The third-order valence-electron chi connectivity index (χ3n) is 2.85. The molecule has 0 aromatic rings. The summed E-state index contributed by atoms with van der Waals surface area (Å²) < 4.78 is 11.0. The molecule has 3 unspecified atom stereocenters. The Morgan fingerprint density at radius 2 is 2.50 bits per heavy atom. The van der Waals surface area contributed by atoms with Gasteiger partial charge in [-0.2, -0.15) is 0 Å². The average molecular weight is 198 g/mol. The topological polar surface area (TPSA) is 33.7 Å². The van der Waals surface area contributed by atoms with Crippen LogP contribution in [0.2, 0.25) is 0 Å². The Morgan fingerprint density at radius 3 is 3.21 bits per heavy atom. The largest absolute Gasteiger partial charge is 0.475 e. The van der Waals surface area contributed by atoms with Crippen molar-refractivity contribution in [2.75, 3.05) is 13.7 Å². The van der Waals surface area contributed by atoms with Crippen LogP contribution in [-0.2, 0) is 9.47 Å². The highest BCUT2D eigenvalue weighted by atomic mass is 16.5. The smallest absolute Gasteiger partial charge is 0.201 e.